The van der Waals surface area contributed by atoms with Crippen LogP contribution in [0.4, 0.5) is 0 Å². The third kappa shape index (κ3) is 5.52. The molecule has 142 valence electrons. The number of nitrogens with zero attached hydrogens (tertiary/aromatic N) is 3. The average molecular weight is 353 g/mol. The minimum atomic E-state index is -0.113. The number of piperidine rings is 1. The summed E-state index contributed by atoms with van der Waals surface area (Å²) in [7, 11) is 3.75. The molecule has 2 unspecified atom stereocenters. The van der Waals surface area contributed by atoms with E-state index >= 15 is 0 Å². The summed E-state index contributed by atoms with van der Waals surface area (Å²) in [5.74, 6) is 1.24. The van der Waals surface area contributed by atoms with E-state index in [1.165, 1.54) is 0 Å². The quantitative estimate of drug-likeness (QED) is 0.762. The third-order valence-electron chi connectivity index (χ3n) is 4.73. The molecule has 1 aliphatic heterocycles. The molecule has 1 aliphatic rings. The summed E-state index contributed by atoms with van der Waals surface area (Å²) >= 11 is 0. The lowest BCUT2D eigenvalue weighted by atomic mass is 9.89. The Morgan fingerprint density at radius 3 is 2.80 bits per heavy atom. The summed E-state index contributed by atoms with van der Waals surface area (Å²) < 4.78 is 10.4. The number of aliphatic hydroxyl groups excluding tert-OH is 1. The van der Waals surface area contributed by atoms with Gasteiger partial charge < -0.3 is 24.2 Å². The van der Waals surface area contributed by atoms with Crippen molar-refractivity contribution in [3.63, 3.8) is 0 Å². The molecule has 1 fully saturated rings. The molecule has 7 nitrogen and oxygen atoms in total. The molecular formula is C18H31N3O4. The Morgan fingerprint density at radius 2 is 2.20 bits per heavy atom. The lowest BCUT2D eigenvalue weighted by Crippen LogP contribution is -2.47. The number of hydrogen-bond acceptors (Lipinski definition) is 6. The van der Waals surface area contributed by atoms with Gasteiger partial charge in [-0.15, -0.1) is 0 Å². The first-order chi connectivity index (χ1) is 11.9. The second-order valence-electron chi connectivity index (χ2n) is 7.38. The molecule has 1 amide bonds. The largest absolute Gasteiger partial charge is 0.396 e. The highest BCUT2D eigenvalue weighted by Crippen LogP contribution is 2.24. The first kappa shape index (κ1) is 19.9. The number of hydrogen-bond donors (Lipinski definition) is 1. The smallest absolute Gasteiger partial charge is 0.276 e. The van der Waals surface area contributed by atoms with Gasteiger partial charge in [0.15, 0.2) is 5.69 Å². The molecule has 0 radical (unpaired) electrons. The van der Waals surface area contributed by atoms with Crippen molar-refractivity contribution in [1.29, 1.82) is 0 Å². The van der Waals surface area contributed by atoms with Crippen LogP contribution in [0.1, 0.15) is 42.4 Å². The Hall–Kier alpha value is -1.44. The van der Waals surface area contributed by atoms with Gasteiger partial charge in [0.1, 0.15) is 5.76 Å². The highest BCUT2D eigenvalue weighted by Gasteiger charge is 2.32. The van der Waals surface area contributed by atoms with Gasteiger partial charge >= 0.3 is 0 Å². The number of methoxy groups -OCH3 is 1. The van der Waals surface area contributed by atoms with Crippen LogP contribution in [-0.2, 0) is 4.74 Å². The van der Waals surface area contributed by atoms with Crippen LogP contribution in [0.5, 0.6) is 0 Å². The number of rotatable bonds is 8. The number of carbonyl (C=O) groups is 1. The van der Waals surface area contributed by atoms with Crippen LogP contribution in [-0.4, -0.2) is 79.5 Å². The lowest BCUT2D eigenvalue weighted by molar-refractivity contribution is 0.0442. The Balaban J connectivity index is 2.01. The first-order valence-corrected chi connectivity index (χ1v) is 8.98. The van der Waals surface area contributed by atoms with Gasteiger partial charge in [-0.25, -0.2) is 0 Å². The summed E-state index contributed by atoms with van der Waals surface area (Å²) in [6.45, 7) is 7.76. The molecule has 1 saturated heterocycles. The highest BCUT2D eigenvalue weighted by atomic mass is 16.5. The topological polar surface area (TPSA) is 79.0 Å². The van der Waals surface area contributed by atoms with Crippen LogP contribution < -0.4 is 0 Å². The minimum Gasteiger partial charge on any atom is -0.396 e. The number of carbonyl (C=O) groups excluding carboxylic acids is 1. The van der Waals surface area contributed by atoms with E-state index in [0.29, 0.717) is 31.3 Å². The standard InChI is InChI=1S/C18H31N3O4/c1-13(2)17-8-16(19-25-17)18(23)21-10-14(7-15(11-21)12-22)9-20(3)5-6-24-4/h8,13-15,22H,5-7,9-12H2,1-4H3. The molecule has 7 heteroatoms. The maximum Gasteiger partial charge on any atom is 0.276 e. The number of ether oxygens (including phenoxy) is 1. The summed E-state index contributed by atoms with van der Waals surface area (Å²) in [6.07, 6.45) is 0.924. The number of aliphatic hydroxyl groups is 1. The Labute approximate surface area is 149 Å². The van der Waals surface area contributed by atoms with E-state index in [9.17, 15) is 9.90 Å². The normalized spacial score (nSPS) is 21.3. The SMILES string of the molecule is COCCN(C)CC1CC(CO)CN(C(=O)c2cc(C(C)C)on2)C1. The van der Waals surface area contributed by atoms with E-state index in [1.807, 2.05) is 13.8 Å². The zero-order valence-electron chi connectivity index (χ0n) is 15.8. The molecule has 0 aromatic carbocycles. The number of aromatic nitrogens is 1. The molecule has 25 heavy (non-hydrogen) atoms. The lowest BCUT2D eigenvalue weighted by Gasteiger charge is -2.38. The van der Waals surface area contributed by atoms with Crippen molar-refractivity contribution in [3.05, 3.63) is 17.5 Å². The van der Waals surface area contributed by atoms with Crippen LogP contribution in [0.25, 0.3) is 0 Å². The first-order valence-electron chi connectivity index (χ1n) is 8.98. The minimum absolute atomic E-state index is 0.0954. The van der Waals surface area contributed by atoms with E-state index in [-0.39, 0.29) is 24.3 Å². The predicted molar refractivity (Wildman–Crippen MR) is 94.6 cm³/mol. The van der Waals surface area contributed by atoms with Crippen LogP contribution >= 0.6 is 0 Å². The zero-order chi connectivity index (χ0) is 18.4. The molecule has 2 atom stereocenters. The van der Waals surface area contributed by atoms with E-state index in [2.05, 4.69) is 17.1 Å². The average Bonchev–Trinajstić information content (AvgIpc) is 3.09. The van der Waals surface area contributed by atoms with Gasteiger partial charge in [0.25, 0.3) is 5.91 Å². The van der Waals surface area contributed by atoms with Gasteiger partial charge in [-0.2, -0.15) is 0 Å². The molecule has 2 rings (SSSR count). The van der Waals surface area contributed by atoms with Crippen molar-refractivity contribution >= 4 is 5.91 Å². The molecule has 2 heterocycles. The van der Waals surface area contributed by atoms with Crippen LogP contribution in [0.3, 0.4) is 0 Å². The molecular weight excluding hydrogens is 322 g/mol. The van der Waals surface area contributed by atoms with Gasteiger partial charge in [0, 0.05) is 51.9 Å². The third-order valence-corrected chi connectivity index (χ3v) is 4.73. The molecule has 0 spiro atoms. The van der Waals surface area contributed by atoms with Crippen molar-refractivity contribution in [2.45, 2.75) is 26.2 Å². The molecule has 1 N–H and O–H groups in total. The van der Waals surface area contributed by atoms with Crippen molar-refractivity contribution in [2.24, 2.45) is 11.8 Å². The van der Waals surface area contributed by atoms with E-state index in [1.54, 1.807) is 18.1 Å². The molecule has 0 aliphatic carbocycles. The fraction of sp³-hybridized carbons (Fsp3) is 0.778. The van der Waals surface area contributed by atoms with Gasteiger partial charge in [-0.05, 0) is 25.3 Å². The summed E-state index contributed by atoms with van der Waals surface area (Å²) in [5.41, 5.74) is 0.355. The van der Waals surface area contributed by atoms with E-state index in [0.717, 1.165) is 25.3 Å². The zero-order valence-corrected chi connectivity index (χ0v) is 15.8. The molecule has 0 bridgehead atoms. The van der Waals surface area contributed by atoms with Gasteiger partial charge in [0.05, 0.1) is 6.61 Å². The van der Waals surface area contributed by atoms with Gasteiger partial charge in [0.2, 0.25) is 0 Å². The number of amides is 1. The fourth-order valence-corrected chi connectivity index (χ4v) is 3.35. The monoisotopic (exact) mass is 353 g/mol. The van der Waals surface area contributed by atoms with Crippen molar-refractivity contribution in [3.8, 4) is 0 Å². The number of likely N-dealkylation sites (N-methyl/N-ethyl adjacent to an activating group) is 1. The molecule has 1 aromatic rings. The fourth-order valence-electron chi connectivity index (χ4n) is 3.35. The second kappa shape index (κ2) is 9.31. The second-order valence-corrected chi connectivity index (χ2v) is 7.38. The van der Waals surface area contributed by atoms with Crippen LogP contribution in [0, 0.1) is 11.8 Å². The summed E-state index contributed by atoms with van der Waals surface area (Å²) in [4.78, 5) is 16.8. The maximum absolute atomic E-state index is 12.8. The molecule has 0 saturated carbocycles. The summed E-state index contributed by atoms with van der Waals surface area (Å²) in [5, 5.41) is 13.6. The Kier molecular flexibility index (Phi) is 7.40. The van der Waals surface area contributed by atoms with E-state index in [4.69, 9.17) is 9.26 Å². The van der Waals surface area contributed by atoms with Crippen molar-refractivity contribution in [1.82, 2.24) is 15.0 Å². The van der Waals surface area contributed by atoms with Crippen LogP contribution in [0.15, 0.2) is 10.6 Å². The predicted octanol–water partition coefficient (Wildman–Crippen LogP) is 1.45. The van der Waals surface area contributed by atoms with Crippen molar-refractivity contribution < 1.29 is 19.2 Å². The summed E-state index contributed by atoms with van der Waals surface area (Å²) in [6, 6.07) is 1.73. The van der Waals surface area contributed by atoms with Crippen LogP contribution in [0.2, 0.25) is 0 Å². The van der Waals surface area contributed by atoms with Crippen molar-refractivity contribution in [2.75, 3.05) is 53.6 Å². The number of likely N-dealkylation sites (tertiary alicyclic amines) is 1. The Morgan fingerprint density at radius 1 is 1.48 bits per heavy atom. The maximum atomic E-state index is 12.8. The Bertz CT molecular complexity index is 546. The van der Waals surface area contributed by atoms with E-state index < -0.39 is 0 Å². The highest BCUT2D eigenvalue weighted by molar-refractivity contribution is 5.92. The van der Waals surface area contributed by atoms with Gasteiger partial charge in [-0.1, -0.05) is 19.0 Å². The molecule has 1 aromatic heterocycles. The van der Waals surface area contributed by atoms with Gasteiger partial charge in [-0.3, -0.25) is 4.79 Å².